The largest absolute Gasteiger partial charge is 0.484 e. The Morgan fingerprint density at radius 3 is 2.59 bits per heavy atom. The molecule has 2 atom stereocenters. The highest BCUT2D eigenvalue weighted by atomic mass is 32.2. The van der Waals surface area contributed by atoms with Crippen LogP contribution in [0.25, 0.3) is 0 Å². The molecule has 0 aliphatic carbocycles. The lowest BCUT2D eigenvalue weighted by Gasteiger charge is -2.24. The Balaban J connectivity index is 1.12. The van der Waals surface area contributed by atoms with Crippen LogP contribution in [0.1, 0.15) is 29.4 Å². The summed E-state index contributed by atoms with van der Waals surface area (Å²) in [5.41, 5.74) is 1.67. The topological polar surface area (TPSA) is 104 Å². The van der Waals surface area contributed by atoms with Gasteiger partial charge in [0.05, 0.1) is 18.5 Å². The molecule has 3 heterocycles. The van der Waals surface area contributed by atoms with Crippen LogP contribution in [-0.2, 0) is 20.9 Å². The van der Waals surface area contributed by atoms with Gasteiger partial charge >= 0.3 is 0 Å². The summed E-state index contributed by atoms with van der Waals surface area (Å²) in [5, 5.41) is 2.75. The Morgan fingerprint density at radius 1 is 1.02 bits per heavy atom. The maximum Gasteiger partial charge on any atom is 0.261 e. The highest BCUT2D eigenvalue weighted by Gasteiger charge is 2.40. The zero-order chi connectivity index (χ0) is 30.5. The van der Waals surface area contributed by atoms with Gasteiger partial charge in [-0.15, -0.1) is 0 Å². The molecule has 2 aliphatic heterocycles. The first kappa shape index (κ1) is 29.2. The number of nitrogens with zero attached hydrogens (tertiary/aromatic N) is 3. The molecule has 1 N–H and O–H groups in total. The fraction of sp³-hybridized carbons (Fsp3) is 0.212. The normalized spacial score (nSPS) is 19.0. The van der Waals surface area contributed by atoms with Gasteiger partial charge in [-0.05, 0) is 73.0 Å². The number of para-hydroxylation sites is 1. The van der Waals surface area contributed by atoms with Gasteiger partial charge in [0.1, 0.15) is 28.6 Å². The average Bonchev–Trinajstić information content (AvgIpc) is 3.80. The molecule has 6 rings (SSSR count). The Labute approximate surface area is 257 Å². The van der Waals surface area contributed by atoms with Gasteiger partial charge in [-0.25, -0.2) is 9.38 Å². The van der Waals surface area contributed by atoms with Crippen molar-refractivity contribution in [3.05, 3.63) is 114 Å². The molecule has 0 radical (unpaired) electrons. The van der Waals surface area contributed by atoms with Gasteiger partial charge in [0.25, 0.3) is 5.91 Å². The monoisotopic (exact) mass is 612 g/mol. The zero-order valence-electron chi connectivity index (χ0n) is 23.6. The minimum atomic E-state index is -0.592. The van der Waals surface area contributed by atoms with E-state index in [0.29, 0.717) is 41.0 Å². The molecule has 11 heteroatoms. The molecule has 2 saturated heterocycles. The van der Waals surface area contributed by atoms with Crippen molar-refractivity contribution in [3.8, 4) is 5.75 Å². The maximum atomic E-state index is 13.8. The zero-order valence-corrected chi connectivity index (χ0v) is 24.4. The molecular formula is C33H29FN4O5S. The van der Waals surface area contributed by atoms with Crippen LogP contribution in [0.15, 0.2) is 107 Å². The minimum Gasteiger partial charge on any atom is -0.484 e. The van der Waals surface area contributed by atoms with Crippen LogP contribution in [0.5, 0.6) is 5.75 Å². The number of nitrogens with one attached hydrogen (secondary N) is 1. The molecule has 9 nitrogen and oxygen atoms in total. The number of carbonyl (C=O) groups excluding carboxylic acids is 3. The predicted octanol–water partition coefficient (Wildman–Crippen LogP) is 5.93. The summed E-state index contributed by atoms with van der Waals surface area (Å²) in [6, 6.07) is 24.9. The van der Waals surface area contributed by atoms with Gasteiger partial charge in [0.2, 0.25) is 11.8 Å². The van der Waals surface area contributed by atoms with E-state index in [4.69, 9.17) is 9.15 Å². The SMILES string of the molecule is O=C(Nc1ccc(C2SC(=Nc3cccc(F)c3)N(Cc3ccco3)C2=O)cc1)[C@@H]1CCCN1C(=O)COc1ccccc1. The second-order valence-electron chi connectivity index (χ2n) is 10.3. The first-order valence-corrected chi connectivity index (χ1v) is 15.1. The Bertz CT molecular complexity index is 1660. The van der Waals surface area contributed by atoms with Crippen LogP contribution in [0, 0.1) is 5.82 Å². The molecule has 3 amide bonds. The van der Waals surface area contributed by atoms with Crippen LogP contribution in [0.4, 0.5) is 15.8 Å². The molecule has 4 aromatic rings. The molecular weight excluding hydrogens is 583 g/mol. The number of ether oxygens (including phenoxy) is 1. The number of anilines is 1. The summed E-state index contributed by atoms with van der Waals surface area (Å²) < 4.78 is 24.9. The lowest BCUT2D eigenvalue weighted by molar-refractivity contribution is -0.138. The number of furan rings is 1. The Hall–Kier alpha value is -4.90. The molecule has 1 unspecified atom stereocenters. The second kappa shape index (κ2) is 13.2. The molecule has 2 fully saturated rings. The molecule has 1 aromatic heterocycles. The van der Waals surface area contributed by atoms with E-state index in [-0.39, 0.29) is 30.9 Å². The third kappa shape index (κ3) is 6.68. The van der Waals surface area contributed by atoms with E-state index in [1.54, 1.807) is 65.6 Å². The molecule has 2 aliphatic rings. The van der Waals surface area contributed by atoms with Gasteiger partial charge in [-0.3, -0.25) is 19.3 Å². The third-order valence-electron chi connectivity index (χ3n) is 7.33. The van der Waals surface area contributed by atoms with E-state index in [1.807, 2.05) is 18.2 Å². The number of carbonyl (C=O) groups is 3. The predicted molar refractivity (Wildman–Crippen MR) is 165 cm³/mol. The quantitative estimate of drug-likeness (QED) is 0.251. The standard InChI is InChI=1S/C33H29FN4O5S/c34-23-7-4-8-25(19-23)36-33-38(20-27-11-6-18-42-27)32(41)30(44-33)22-13-15-24(16-14-22)35-31(40)28-12-5-17-37(28)29(39)21-43-26-9-2-1-3-10-26/h1-4,6-11,13-16,18-19,28,30H,5,12,17,20-21H2,(H,35,40)/t28-,30?/m0/s1. The molecule has 0 saturated carbocycles. The van der Waals surface area contributed by atoms with Crippen molar-refractivity contribution in [2.24, 2.45) is 4.99 Å². The van der Waals surface area contributed by atoms with E-state index in [2.05, 4.69) is 10.3 Å². The summed E-state index contributed by atoms with van der Waals surface area (Å²) in [4.78, 5) is 47.2. The highest BCUT2D eigenvalue weighted by Crippen LogP contribution is 2.41. The molecule has 44 heavy (non-hydrogen) atoms. The lowest BCUT2D eigenvalue weighted by atomic mass is 10.1. The van der Waals surface area contributed by atoms with Gasteiger partial charge in [0.15, 0.2) is 11.8 Å². The number of benzene rings is 3. The molecule has 0 spiro atoms. The number of amides is 3. The van der Waals surface area contributed by atoms with Crippen molar-refractivity contribution in [1.82, 2.24) is 9.80 Å². The number of hydrogen-bond donors (Lipinski definition) is 1. The fourth-order valence-corrected chi connectivity index (χ4v) is 6.33. The summed E-state index contributed by atoms with van der Waals surface area (Å²) in [5.74, 6) is 0.0686. The highest BCUT2D eigenvalue weighted by molar-refractivity contribution is 8.15. The van der Waals surface area contributed by atoms with Crippen molar-refractivity contribution >= 4 is 46.0 Å². The van der Waals surface area contributed by atoms with E-state index < -0.39 is 17.1 Å². The Kier molecular flexibility index (Phi) is 8.74. The molecule has 3 aromatic carbocycles. The van der Waals surface area contributed by atoms with Gasteiger partial charge in [-0.1, -0.05) is 48.2 Å². The van der Waals surface area contributed by atoms with Crippen LogP contribution < -0.4 is 10.1 Å². The molecule has 224 valence electrons. The summed E-state index contributed by atoms with van der Waals surface area (Å²) in [7, 11) is 0. The Morgan fingerprint density at radius 2 is 1.84 bits per heavy atom. The van der Waals surface area contributed by atoms with E-state index in [0.717, 1.165) is 12.0 Å². The number of hydrogen-bond acceptors (Lipinski definition) is 7. The van der Waals surface area contributed by atoms with Crippen LogP contribution in [0.2, 0.25) is 0 Å². The number of likely N-dealkylation sites (tertiary alicyclic amines) is 1. The maximum absolute atomic E-state index is 13.8. The summed E-state index contributed by atoms with van der Waals surface area (Å²) >= 11 is 1.27. The summed E-state index contributed by atoms with van der Waals surface area (Å²) in [6.07, 6.45) is 2.83. The summed E-state index contributed by atoms with van der Waals surface area (Å²) in [6.45, 7) is 0.532. The van der Waals surface area contributed by atoms with Crippen LogP contribution in [0.3, 0.4) is 0 Å². The van der Waals surface area contributed by atoms with Gasteiger partial charge < -0.3 is 19.4 Å². The van der Waals surface area contributed by atoms with Crippen molar-refractivity contribution < 1.29 is 27.9 Å². The van der Waals surface area contributed by atoms with E-state index in [9.17, 15) is 18.8 Å². The number of thioether (sulfide) groups is 1. The lowest BCUT2D eigenvalue weighted by Crippen LogP contribution is -2.45. The van der Waals surface area contributed by atoms with Crippen molar-refractivity contribution in [3.63, 3.8) is 0 Å². The number of aliphatic imine (C=N–C) groups is 1. The van der Waals surface area contributed by atoms with Crippen molar-refractivity contribution in [2.75, 3.05) is 18.5 Å². The first-order valence-electron chi connectivity index (χ1n) is 14.2. The third-order valence-corrected chi connectivity index (χ3v) is 8.57. The van der Waals surface area contributed by atoms with Gasteiger partial charge in [0, 0.05) is 12.2 Å². The average molecular weight is 613 g/mol. The van der Waals surface area contributed by atoms with E-state index >= 15 is 0 Å². The molecule has 0 bridgehead atoms. The number of amidine groups is 1. The van der Waals surface area contributed by atoms with Crippen LogP contribution >= 0.6 is 11.8 Å². The fourth-order valence-electron chi connectivity index (χ4n) is 5.16. The minimum absolute atomic E-state index is 0.142. The van der Waals surface area contributed by atoms with Crippen molar-refractivity contribution in [2.45, 2.75) is 30.7 Å². The number of rotatable bonds is 9. The van der Waals surface area contributed by atoms with Crippen molar-refractivity contribution in [1.29, 1.82) is 0 Å². The van der Waals surface area contributed by atoms with Crippen LogP contribution in [-0.4, -0.2) is 51.9 Å². The second-order valence-corrected chi connectivity index (χ2v) is 11.4. The van der Waals surface area contributed by atoms with E-state index in [1.165, 1.54) is 35.1 Å². The first-order chi connectivity index (χ1) is 21.4. The smallest absolute Gasteiger partial charge is 0.261 e. The van der Waals surface area contributed by atoms with Gasteiger partial charge in [-0.2, -0.15) is 0 Å². The number of halogens is 1.